The van der Waals surface area contributed by atoms with Gasteiger partial charge in [0.25, 0.3) is 0 Å². The van der Waals surface area contributed by atoms with Gasteiger partial charge in [-0.25, -0.2) is 18.4 Å². The van der Waals surface area contributed by atoms with E-state index in [1.807, 2.05) is 30.6 Å². The normalized spacial score (nSPS) is 35.1. The van der Waals surface area contributed by atoms with Crippen molar-refractivity contribution in [1.82, 2.24) is 9.80 Å². The molecule has 3 aliphatic rings. The van der Waals surface area contributed by atoms with Crippen LogP contribution in [-0.4, -0.2) is 66.2 Å². The van der Waals surface area contributed by atoms with Crippen LogP contribution in [0.15, 0.2) is 0 Å². The predicted octanol–water partition coefficient (Wildman–Crippen LogP) is 2.47. The van der Waals surface area contributed by atoms with Gasteiger partial charge in [0.05, 0.1) is 23.4 Å². The number of hydrogen-bond acceptors (Lipinski definition) is 5. The van der Waals surface area contributed by atoms with E-state index in [1.54, 1.807) is 6.92 Å². The topological polar surface area (TPSA) is 110 Å². The van der Waals surface area contributed by atoms with Crippen LogP contribution in [0.25, 0.3) is 0 Å². The molecule has 3 rings (SSSR count). The Kier molecular flexibility index (Phi) is 7.01. The predicted molar refractivity (Wildman–Crippen MR) is 114 cm³/mol. The van der Waals surface area contributed by atoms with Crippen molar-refractivity contribution in [3.05, 3.63) is 0 Å². The maximum absolute atomic E-state index is 12.8. The molecular weight excluding hydrogens is 406 g/mol. The summed E-state index contributed by atoms with van der Waals surface area (Å²) in [5.74, 6) is 0.919. The Morgan fingerprint density at radius 3 is 2.13 bits per heavy atom. The first-order valence-electron chi connectivity index (χ1n) is 11.3. The number of piperazine rings is 1. The van der Waals surface area contributed by atoms with Crippen LogP contribution in [0, 0.1) is 11.8 Å². The molecule has 0 aromatic rings. The summed E-state index contributed by atoms with van der Waals surface area (Å²) < 4.78 is 28.9. The Morgan fingerprint density at radius 1 is 1.00 bits per heavy atom. The quantitative estimate of drug-likeness (QED) is 0.720. The summed E-state index contributed by atoms with van der Waals surface area (Å²) in [5.41, 5.74) is 0. The molecule has 0 aromatic heterocycles. The van der Waals surface area contributed by atoms with Gasteiger partial charge in [0.2, 0.25) is 15.9 Å². The van der Waals surface area contributed by atoms with E-state index < -0.39 is 15.3 Å². The zero-order chi connectivity index (χ0) is 22.2. The molecule has 1 aliphatic heterocycles. The molecular formula is C21H37N3O5S. The summed E-state index contributed by atoms with van der Waals surface area (Å²) in [7, 11) is -3.47. The van der Waals surface area contributed by atoms with Gasteiger partial charge >= 0.3 is 6.09 Å². The molecule has 2 N–H and O–H groups in total. The fraction of sp³-hybridized carbons (Fsp3) is 0.905. The molecule has 1 heterocycles. The summed E-state index contributed by atoms with van der Waals surface area (Å²) in [4.78, 5) is 29.0. The van der Waals surface area contributed by atoms with E-state index in [0.717, 1.165) is 32.1 Å². The van der Waals surface area contributed by atoms with Crippen molar-refractivity contribution < 1.29 is 22.7 Å². The average molecular weight is 444 g/mol. The lowest BCUT2D eigenvalue weighted by atomic mass is 9.69. The summed E-state index contributed by atoms with van der Waals surface area (Å²) in [6.07, 6.45) is 5.14. The van der Waals surface area contributed by atoms with Gasteiger partial charge in [-0.3, -0.25) is 4.79 Å². The summed E-state index contributed by atoms with van der Waals surface area (Å²) in [6.45, 7) is 7.78. The van der Waals surface area contributed by atoms with Gasteiger partial charge < -0.3 is 14.5 Å². The number of nitrogens with zero attached hydrogens (tertiary/aromatic N) is 2. The third-order valence-corrected chi connectivity index (χ3v) is 8.70. The highest BCUT2D eigenvalue weighted by Crippen LogP contribution is 2.43. The smallest absolute Gasteiger partial charge is 0.410 e. The van der Waals surface area contributed by atoms with Crippen molar-refractivity contribution in [2.75, 3.05) is 6.54 Å². The third kappa shape index (κ3) is 4.93. The Bertz CT molecular complexity index is 748. The monoisotopic (exact) mass is 443 g/mol. The molecule has 0 aromatic carbocycles. The molecule has 172 valence electrons. The Morgan fingerprint density at radius 2 is 1.60 bits per heavy atom. The van der Waals surface area contributed by atoms with Crippen LogP contribution in [0.3, 0.4) is 0 Å². The molecule has 3 fully saturated rings. The lowest BCUT2D eigenvalue weighted by molar-refractivity contribution is -0.142. The molecule has 2 saturated carbocycles. The van der Waals surface area contributed by atoms with Gasteiger partial charge in [0.1, 0.15) is 0 Å². The SMILES string of the molecule is CC(=O)N1C2CCC(C3CCC(S(N)(=O)=O)CC3)CC2N(C(=O)OC(C)C)C[C@@H]1C. The standard InChI is InChI=1S/C21H37N3O5S/c1-13(2)29-21(26)23-12-14(3)24(15(4)25)19-10-7-17(11-20(19)23)16-5-8-18(9-6-16)30(22,27)28/h13-14,16-20H,5-12H2,1-4H3,(H2,22,27,28)/t14-,16?,17?,18?,19?,20?/m0/s1. The lowest BCUT2D eigenvalue weighted by Gasteiger charge is -2.54. The number of sulfonamides is 1. The number of primary sulfonamides is 1. The Hall–Kier alpha value is -1.35. The highest BCUT2D eigenvalue weighted by molar-refractivity contribution is 7.89. The summed E-state index contributed by atoms with van der Waals surface area (Å²) in [5, 5.41) is 4.92. The number of carbonyl (C=O) groups excluding carboxylic acids is 2. The van der Waals surface area contributed by atoms with Crippen LogP contribution in [0.2, 0.25) is 0 Å². The van der Waals surface area contributed by atoms with Gasteiger partial charge in [-0.2, -0.15) is 0 Å². The highest BCUT2D eigenvalue weighted by atomic mass is 32.2. The van der Waals surface area contributed by atoms with Gasteiger partial charge in [0.15, 0.2) is 0 Å². The number of amides is 2. The van der Waals surface area contributed by atoms with E-state index in [9.17, 15) is 18.0 Å². The fourth-order valence-electron chi connectivity index (χ4n) is 6.00. The van der Waals surface area contributed by atoms with Gasteiger partial charge in [-0.1, -0.05) is 0 Å². The molecule has 30 heavy (non-hydrogen) atoms. The number of carbonyl (C=O) groups is 2. The zero-order valence-electron chi connectivity index (χ0n) is 18.6. The number of fused-ring (bicyclic) bond motifs is 1. The van der Waals surface area contributed by atoms with E-state index in [0.29, 0.717) is 31.2 Å². The molecule has 0 radical (unpaired) electrons. The molecule has 8 nitrogen and oxygen atoms in total. The van der Waals surface area contributed by atoms with Crippen molar-refractivity contribution >= 4 is 22.0 Å². The molecule has 0 bridgehead atoms. The Balaban J connectivity index is 1.74. The van der Waals surface area contributed by atoms with Crippen LogP contribution in [0.4, 0.5) is 4.79 Å². The van der Waals surface area contributed by atoms with Crippen LogP contribution in [0.1, 0.15) is 72.6 Å². The average Bonchev–Trinajstić information content (AvgIpc) is 2.65. The molecule has 9 heteroatoms. The number of nitrogens with two attached hydrogens (primary N) is 1. The van der Waals surface area contributed by atoms with Crippen molar-refractivity contribution in [1.29, 1.82) is 0 Å². The fourth-order valence-corrected chi connectivity index (χ4v) is 6.93. The van der Waals surface area contributed by atoms with E-state index in [1.165, 1.54) is 0 Å². The molecule has 3 unspecified atom stereocenters. The molecule has 0 spiro atoms. The third-order valence-electron chi connectivity index (χ3n) is 7.30. The second-order valence-electron chi connectivity index (χ2n) is 9.69. The summed E-state index contributed by atoms with van der Waals surface area (Å²) >= 11 is 0. The largest absolute Gasteiger partial charge is 0.447 e. The zero-order valence-corrected chi connectivity index (χ0v) is 19.4. The second-order valence-corrected chi connectivity index (χ2v) is 11.5. The molecule has 2 amide bonds. The van der Waals surface area contributed by atoms with Crippen molar-refractivity contribution in [3.8, 4) is 0 Å². The van der Waals surface area contributed by atoms with Crippen molar-refractivity contribution in [2.24, 2.45) is 17.0 Å². The highest BCUT2D eigenvalue weighted by Gasteiger charge is 2.48. The van der Waals surface area contributed by atoms with Crippen LogP contribution in [-0.2, 0) is 19.6 Å². The van der Waals surface area contributed by atoms with E-state index >= 15 is 0 Å². The van der Waals surface area contributed by atoms with Crippen molar-refractivity contribution in [2.45, 2.75) is 102 Å². The second kappa shape index (κ2) is 9.02. The maximum atomic E-state index is 12.8. The first-order valence-corrected chi connectivity index (χ1v) is 12.9. The molecule has 1 saturated heterocycles. The van der Waals surface area contributed by atoms with Gasteiger partial charge in [-0.15, -0.1) is 0 Å². The number of hydrogen-bond donors (Lipinski definition) is 1. The van der Waals surface area contributed by atoms with Crippen LogP contribution >= 0.6 is 0 Å². The number of rotatable bonds is 3. The first kappa shape index (κ1) is 23.3. The van der Waals surface area contributed by atoms with Crippen LogP contribution in [0.5, 0.6) is 0 Å². The van der Waals surface area contributed by atoms with Crippen molar-refractivity contribution in [3.63, 3.8) is 0 Å². The first-order chi connectivity index (χ1) is 14.0. The minimum Gasteiger partial charge on any atom is -0.447 e. The van der Waals surface area contributed by atoms with E-state index in [4.69, 9.17) is 9.88 Å². The molecule has 4 atom stereocenters. The minimum atomic E-state index is -3.47. The van der Waals surface area contributed by atoms with E-state index in [-0.39, 0.29) is 36.2 Å². The van der Waals surface area contributed by atoms with E-state index in [2.05, 4.69) is 0 Å². The minimum absolute atomic E-state index is 0.0166. The van der Waals surface area contributed by atoms with Crippen LogP contribution < -0.4 is 5.14 Å². The summed E-state index contributed by atoms with van der Waals surface area (Å²) in [6, 6.07) is -0.0701. The maximum Gasteiger partial charge on any atom is 0.410 e. The van der Waals surface area contributed by atoms with Gasteiger partial charge in [0, 0.05) is 19.5 Å². The Labute approximate surface area is 180 Å². The molecule has 2 aliphatic carbocycles. The lowest BCUT2D eigenvalue weighted by Crippen LogP contribution is -2.67. The van der Waals surface area contributed by atoms with Gasteiger partial charge in [-0.05, 0) is 77.6 Å². The number of ether oxygens (including phenoxy) is 1.